The van der Waals surface area contributed by atoms with Crippen molar-refractivity contribution in [3.05, 3.63) is 11.9 Å². The molecule has 2 aliphatic rings. The Morgan fingerprint density at radius 1 is 1.39 bits per heavy atom. The maximum Gasteiger partial charge on any atom is 0.137 e. The summed E-state index contributed by atoms with van der Waals surface area (Å²) in [5.74, 6) is 2.57. The fraction of sp³-hybridized carbons (Fsp3) is 0.692. The van der Waals surface area contributed by atoms with Gasteiger partial charge in [-0.1, -0.05) is 6.92 Å². The molecule has 2 fully saturated rings. The van der Waals surface area contributed by atoms with E-state index in [1.54, 1.807) is 0 Å². The Balaban J connectivity index is 1.87. The minimum Gasteiger partial charge on any atom is -0.393 e. The number of nitrogens with zero attached hydrogens (tertiary/aromatic N) is 3. The van der Waals surface area contributed by atoms with E-state index >= 15 is 0 Å². The van der Waals surface area contributed by atoms with E-state index in [9.17, 15) is 5.11 Å². The Hall–Kier alpha value is -1.36. The zero-order chi connectivity index (χ0) is 12.7. The molecule has 1 aliphatic heterocycles. The average molecular weight is 248 g/mol. The molecule has 0 radical (unpaired) electrons. The van der Waals surface area contributed by atoms with Gasteiger partial charge in [-0.05, 0) is 25.2 Å². The molecule has 3 rings (SSSR count). The lowest BCUT2D eigenvalue weighted by Gasteiger charge is -2.22. The third-order valence-electron chi connectivity index (χ3n) is 4.43. The van der Waals surface area contributed by atoms with Gasteiger partial charge in [-0.3, -0.25) is 0 Å². The number of aliphatic hydroxyl groups excluding tert-OH is 1. The molecular formula is C13H20N4O. The molecule has 98 valence electrons. The molecule has 5 heteroatoms. The van der Waals surface area contributed by atoms with Crippen LogP contribution in [0.15, 0.2) is 6.33 Å². The molecule has 3 unspecified atom stereocenters. The molecule has 1 aliphatic carbocycles. The Morgan fingerprint density at radius 2 is 2.22 bits per heavy atom. The van der Waals surface area contributed by atoms with Crippen LogP contribution in [0.5, 0.6) is 0 Å². The number of fused-ring (bicyclic) bond motifs is 1. The summed E-state index contributed by atoms with van der Waals surface area (Å²) >= 11 is 0. The zero-order valence-electron chi connectivity index (χ0n) is 10.7. The van der Waals surface area contributed by atoms with Crippen LogP contribution in [0.25, 0.3) is 0 Å². The van der Waals surface area contributed by atoms with E-state index in [4.69, 9.17) is 5.73 Å². The van der Waals surface area contributed by atoms with Crippen LogP contribution in [0.4, 0.5) is 11.6 Å². The predicted octanol–water partition coefficient (Wildman–Crippen LogP) is 0.828. The molecule has 3 N–H and O–H groups in total. The highest BCUT2D eigenvalue weighted by atomic mass is 16.3. The Kier molecular flexibility index (Phi) is 2.86. The summed E-state index contributed by atoms with van der Waals surface area (Å²) in [4.78, 5) is 10.7. The number of aromatic nitrogens is 2. The van der Waals surface area contributed by atoms with Crippen molar-refractivity contribution < 1.29 is 5.11 Å². The summed E-state index contributed by atoms with van der Waals surface area (Å²) in [6.07, 6.45) is 4.33. The summed E-state index contributed by atoms with van der Waals surface area (Å²) in [5.41, 5.74) is 6.95. The van der Waals surface area contributed by atoms with E-state index in [0.717, 1.165) is 43.7 Å². The van der Waals surface area contributed by atoms with Crippen molar-refractivity contribution in [2.75, 3.05) is 23.7 Å². The van der Waals surface area contributed by atoms with Crippen LogP contribution in [0.3, 0.4) is 0 Å². The fourth-order valence-corrected chi connectivity index (χ4v) is 3.44. The van der Waals surface area contributed by atoms with Crippen LogP contribution in [0.1, 0.15) is 25.3 Å². The maximum atomic E-state index is 9.96. The van der Waals surface area contributed by atoms with Gasteiger partial charge in [0.25, 0.3) is 0 Å². The molecule has 1 aromatic rings. The van der Waals surface area contributed by atoms with Crippen LogP contribution in [-0.4, -0.2) is 34.3 Å². The number of rotatable bonds is 2. The molecule has 0 aromatic carbocycles. The lowest BCUT2D eigenvalue weighted by atomic mass is 10.00. The van der Waals surface area contributed by atoms with Gasteiger partial charge in [0.15, 0.2) is 0 Å². The lowest BCUT2D eigenvalue weighted by molar-refractivity contribution is 0.133. The normalized spacial score (nSPS) is 30.8. The number of nitrogen functional groups attached to an aromatic ring is 1. The van der Waals surface area contributed by atoms with E-state index in [2.05, 4.69) is 21.8 Å². The minimum absolute atomic E-state index is 0.135. The molecule has 1 aromatic heterocycles. The van der Waals surface area contributed by atoms with Gasteiger partial charge in [0.1, 0.15) is 18.0 Å². The zero-order valence-corrected chi connectivity index (χ0v) is 10.7. The minimum atomic E-state index is -0.135. The van der Waals surface area contributed by atoms with Crippen molar-refractivity contribution in [1.82, 2.24) is 9.97 Å². The van der Waals surface area contributed by atoms with Crippen molar-refractivity contribution in [2.24, 2.45) is 11.8 Å². The van der Waals surface area contributed by atoms with Crippen molar-refractivity contribution in [3.8, 4) is 0 Å². The third-order valence-corrected chi connectivity index (χ3v) is 4.43. The Morgan fingerprint density at radius 3 is 2.94 bits per heavy atom. The van der Waals surface area contributed by atoms with Crippen LogP contribution >= 0.6 is 0 Å². The largest absolute Gasteiger partial charge is 0.393 e. The van der Waals surface area contributed by atoms with Gasteiger partial charge >= 0.3 is 0 Å². The molecule has 2 heterocycles. The van der Waals surface area contributed by atoms with E-state index < -0.39 is 0 Å². The van der Waals surface area contributed by atoms with Crippen molar-refractivity contribution >= 4 is 11.6 Å². The average Bonchev–Trinajstić information content (AvgIpc) is 2.92. The topological polar surface area (TPSA) is 75.3 Å². The smallest absolute Gasteiger partial charge is 0.137 e. The number of nitrogens with two attached hydrogens (primary N) is 1. The lowest BCUT2D eigenvalue weighted by Crippen LogP contribution is -2.26. The van der Waals surface area contributed by atoms with Crippen LogP contribution in [-0.2, 0) is 6.42 Å². The molecule has 0 amide bonds. The first-order chi connectivity index (χ1) is 8.70. The number of hydrogen-bond acceptors (Lipinski definition) is 5. The highest BCUT2D eigenvalue weighted by Crippen LogP contribution is 2.40. The third kappa shape index (κ3) is 1.73. The van der Waals surface area contributed by atoms with Gasteiger partial charge < -0.3 is 15.7 Å². The van der Waals surface area contributed by atoms with Crippen LogP contribution in [0, 0.1) is 11.8 Å². The van der Waals surface area contributed by atoms with E-state index in [1.807, 2.05) is 0 Å². The van der Waals surface area contributed by atoms with Gasteiger partial charge in [-0.2, -0.15) is 0 Å². The first-order valence-electron chi connectivity index (χ1n) is 6.73. The number of aliphatic hydroxyl groups is 1. The second-order valence-electron chi connectivity index (χ2n) is 5.39. The number of anilines is 2. The quantitative estimate of drug-likeness (QED) is 0.810. The second kappa shape index (κ2) is 4.39. The highest BCUT2D eigenvalue weighted by molar-refractivity contribution is 5.57. The van der Waals surface area contributed by atoms with E-state index in [1.165, 1.54) is 6.33 Å². The summed E-state index contributed by atoms with van der Waals surface area (Å²) in [6.45, 7) is 3.96. The first kappa shape index (κ1) is 11.7. The van der Waals surface area contributed by atoms with Crippen LogP contribution < -0.4 is 10.6 Å². The predicted molar refractivity (Wildman–Crippen MR) is 70.3 cm³/mol. The highest BCUT2D eigenvalue weighted by Gasteiger charge is 2.42. The van der Waals surface area contributed by atoms with Gasteiger partial charge in [0.05, 0.1) is 6.10 Å². The summed E-state index contributed by atoms with van der Waals surface area (Å²) in [5, 5.41) is 9.96. The van der Waals surface area contributed by atoms with Crippen molar-refractivity contribution in [2.45, 2.75) is 32.3 Å². The summed E-state index contributed by atoms with van der Waals surface area (Å²) in [7, 11) is 0. The van der Waals surface area contributed by atoms with Crippen LogP contribution in [0.2, 0.25) is 0 Å². The molecular weight excluding hydrogens is 228 g/mol. The Bertz CT molecular complexity index is 451. The number of hydrogen-bond donors (Lipinski definition) is 2. The maximum absolute atomic E-state index is 9.96. The molecule has 18 heavy (non-hydrogen) atoms. The SMILES string of the molecule is CCc1c(N)ncnc1N1CC2CCC(O)C2C1. The molecule has 1 saturated heterocycles. The second-order valence-corrected chi connectivity index (χ2v) is 5.39. The van der Waals surface area contributed by atoms with Gasteiger partial charge in [-0.15, -0.1) is 0 Å². The van der Waals surface area contributed by atoms with Crippen molar-refractivity contribution in [1.29, 1.82) is 0 Å². The molecule has 0 spiro atoms. The molecule has 3 atom stereocenters. The first-order valence-corrected chi connectivity index (χ1v) is 6.73. The Labute approximate surface area is 107 Å². The fourth-order valence-electron chi connectivity index (χ4n) is 3.44. The monoisotopic (exact) mass is 248 g/mol. The molecule has 1 saturated carbocycles. The summed E-state index contributed by atoms with van der Waals surface area (Å²) < 4.78 is 0. The molecule has 5 nitrogen and oxygen atoms in total. The van der Waals surface area contributed by atoms with Gasteiger partial charge in [0.2, 0.25) is 0 Å². The van der Waals surface area contributed by atoms with Gasteiger partial charge in [-0.25, -0.2) is 9.97 Å². The standard InChI is InChI=1S/C13H20N4O/c1-2-9-12(14)15-7-16-13(9)17-5-8-3-4-11(18)10(8)6-17/h7-8,10-11,18H,2-6H2,1H3,(H2,14,15,16). The van der Waals surface area contributed by atoms with E-state index in [-0.39, 0.29) is 6.10 Å². The summed E-state index contributed by atoms with van der Waals surface area (Å²) in [6, 6.07) is 0. The molecule has 0 bridgehead atoms. The van der Waals surface area contributed by atoms with Crippen molar-refractivity contribution in [3.63, 3.8) is 0 Å². The van der Waals surface area contributed by atoms with E-state index in [0.29, 0.717) is 17.7 Å². The van der Waals surface area contributed by atoms with Gasteiger partial charge in [0, 0.05) is 24.6 Å².